The summed E-state index contributed by atoms with van der Waals surface area (Å²) in [5.41, 5.74) is 5.09. The lowest BCUT2D eigenvalue weighted by Gasteiger charge is -2.18. The summed E-state index contributed by atoms with van der Waals surface area (Å²) >= 11 is 1.63. The molecule has 1 aromatic heterocycles. The third kappa shape index (κ3) is 3.60. The number of thiazole rings is 1. The van der Waals surface area contributed by atoms with Crippen LogP contribution in [0, 0.1) is 6.92 Å². The van der Waals surface area contributed by atoms with Crippen LogP contribution in [0.3, 0.4) is 0 Å². The summed E-state index contributed by atoms with van der Waals surface area (Å²) in [6, 6.07) is 7.84. The Bertz CT molecular complexity index is 683. The molecule has 2 heterocycles. The molecule has 1 aliphatic heterocycles. The van der Waals surface area contributed by atoms with E-state index in [4.69, 9.17) is 0 Å². The Balaban J connectivity index is 1.65. The smallest absolute Gasteiger partial charge is 0.237 e. The van der Waals surface area contributed by atoms with Crippen molar-refractivity contribution in [3.63, 3.8) is 0 Å². The van der Waals surface area contributed by atoms with Crippen LogP contribution in [0.5, 0.6) is 0 Å². The number of carbonyl (C=O) groups excluding carboxylic acids is 1. The average Bonchev–Trinajstić information content (AvgIpc) is 3.16. The van der Waals surface area contributed by atoms with E-state index in [1.165, 1.54) is 4.88 Å². The topological polar surface area (TPSA) is 74.2 Å². The third-order valence-corrected chi connectivity index (χ3v) is 5.18. The van der Waals surface area contributed by atoms with Crippen LogP contribution in [0.2, 0.25) is 0 Å². The minimum atomic E-state index is -0.428. The van der Waals surface area contributed by atoms with Crippen molar-refractivity contribution >= 4 is 17.2 Å². The summed E-state index contributed by atoms with van der Waals surface area (Å²) in [5, 5.41) is 15.5. The van der Waals surface area contributed by atoms with Crippen molar-refractivity contribution in [2.45, 2.75) is 38.5 Å². The highest BCUT2D eigenvalue weighted by atomic mass is 32.1. The van der Waals surface area contributed by atoms with E-state index < -0.39 is 6.10 Å². The highest BCUT2D eigenvalue weighted by Crippen LogP contribution is 2.28. The number of nitrogens with zero attached hydrogens (tertiary/aromatic N) is 1. The Morgan fingerprint density at radius 2 is 2.17 bits per heavy atom. The van der Waals surface area contributed by atoms with Gasteiger partial charge in [0.15, 0.2) is 0 Å². The van der Waals surface area contributed by atoms with E-state index >= 15 is 0 Å². The zero-order chi connectivity index (χ0) is 16.4. The molecule has 3 unspecified atom stereocenters. The maximum atomic E-state index is 12.2. The van der Waals surface area contributed by atoms with E-state index in [-0.39, 0.29) is 18.0 Å². The van der Waals surface area contributed by atoms with E-state index in [0.29, 0.717) is 13.0 Å². The van der Waals surface area contributed by atoms with Gasteiger partial charge in [-0.1, -0.05) is 24.3 Å². The molecule has 1 fully saturated rings. The van der Waals surface area contributed by atoms with Crippen LogP contribution in [-0.4, -0.2) is 34.7 Å². The number of amides is 1. The number of hydrogen-bond acceptors (Lipinski definition) is 5. The molecule has 1 aliphatic rings. The molecule has 3 N–H and O–H groups in total. The van der Waals surface area contributed by atoms with E-state index in [9.17, 15) is 9.90 Å². The number of hydrogen-bond donors (Lipinski definition) is 3. The highest BCUT2D eigenvalue weighted by Gasteiger charge is 2.28. The van der Waals surface area contributed by atoms with Gasteiger partial charge in [0.05, 0.1) is 34.3 Å². The summed E-state index contributed by atoms with van der Waals surface area (Å²) in [4.78, 5) is 17.6. The lowest BCUT2D eigenvalue weighted by molar-refractivity contribution is -0.123. The van der Waals surface area contributed by atoms with Gasteiger partial charge in [-0.15, -0.1) is 11.3 Å². The van der Waals surface area contributed by atoms with Crippen molar-refractivity contribution in [1.29, 1.82) is 0 Å². The van der Waals surface area contributed by atoms with E-state index in [1.807, 2.05) is 31.5 Å². The fourth-order valence-electron chi connectivity index (χ4n) is 2.82. The van der Waals surface area contributed by atoms with E-state index in [0.717, 1.165) is 16.8 Å². The molecule has 1 saturated heterocycles. The Hall–Kier alpha value is -1.76. The maximum Gasteiger partial charge on any atom is 0.237 e. The highest BCUT2D eigenvalue weighted by molar-refractivity contribution is 7.13. The second kappa shape index (κ2) is 6.78. The Morgan fingerprint density at radius 1 is 1.43 bits per heavy atom. The van der Waals surface area contributed by atoms with Crippen LogP contribution in [0.15, 0.2) is 29.8 Å². The van der Waals surface area contributed by atoms with Crippen molar-refractivity contribution in [2.75, 3.05) is 6.54 Å². The van der Waals surface area contributed by atoms with Gasteiger partial charge in [0.2, 0.25) is 5.91 Å². The molecule has 0 bridgehead atoms. The molecule has 23 heavy (non-hydrogen) atoms. The number of β-amino-alcohol motifs (C(OH)–C–C–N with tert-alkyl or cyclic N) is 1. The molecule has 1 amide bonds. The predicted molar refractivity (Wildman–Crippen MR) is 91.3 cm³/mol. The van der Waals surface area contributed by atoms with Crippen LogP contribution in [-0.2, 0) is 4.79 Å². The molecule has 5 nitrogen and oxygen atoms in total. The normalized spacial score (nSPS) is 22.0. The van der Waals surface area contributed by atoms with Gasteiger partial charge >= 0.3 is 0 Å². The number of aryl methyl sites for hydroxylation is 1. The minimum Gasteiger partial charge on any atom is -0.392 e. The average molecular weight is 331 g/mol. The van der Waals surface area contributed by atoms with Crippen molar-refractivity contribution in [1.82, 2.24) is 15.6 Å². The SMILES string of the molecule is Cc1ncsc1-c1ccc(C(C)NC(=O)C2CC(O)CN2)cc1. The van der Waals surface area contributed by atoms with Crippen molar-refractivity contribution < 1.29 is 9.90 Å². The molecule has 3 rings (SSSR count). The number of aliphatic hydroxyl groups is 1. The van der Waals surface area contributed by atoms with Crippen molar-refractivity contribution in [3.05, 3.63) is 41.0 Å². The summed E-state index contributed by atoms with van der Waals surface area (Å²) in [6.45, 7) is 4.46. The number of carbonyl (C=O) groups is 1. The monoisotopic (exact) mass is 331 g/mol. The molecule has 3 atom stereocenters. The summed E-state index contributed by atoms with van der Waals surface area (Å²) < 4.78 is 0. The van der Waals surface area contributed by atoms with Gasteiger partial charge in [-0.25, -0.2) is 4.98 Å². The molecular weight excluding hydrogens is 310 g/mol. The molecule has 0 radical (unpaired) electrons. The van der Waals surface area contributed by atoms with E-state index in [1.54, 1.807) is 11.3 Å². The van der Waals surface area contributed by atoms with E-state index in [2.05, 4.69) is 27.8 Å². The second-order valence-corrected chi connectivity index (χ2v) is 6.82. The molecule has 122 valence electrons. The van der Waals surface area contributed by atoms with Gasteiger partial charge in [0, 0.05) is 6.54 Å². The zero-order valence-corrected chi connectivity index (χ0v) is 14.1. The third-order valence-electron chi connectivity index (χ3n) is 4.20. The van der Waals surface area contributed by atoms with Crippen LogP contribution >= 0.6 is 11.3 Å². The molecule has 1 aromatic carbocycles. The van der Waals surface area contributed by atoms with Crippen molar-refractivity contribution in [3.8, 4) is 10.4 Å². The van der Waals surface area contributed by atoms with Gasteiger partial charge in [0.25, 0.3) is 0 Å². The van der Waals surface area contributed by atoms with Gasteiger partial charge in [-0.05, 0) is 31.4 Å². The van der Waals surface area contributed by atoms with Crippen molar-refractivity contribution in [2.24, 2.45) is 0 Å². The molecule has 0 aliphatic carbocycles. The summed E-state index contributed by atoms with van der Waals surface area (Å²) in [5.74, 6) is -0.0589. The fraction of sp³-hybridized carbons (Fsp3) is 0.412. The Morgan fingerprint density at radius 3 is 2.74 bits per heavy atom. The molecule has 0 spiro atoms. The lowest BCUT2D eigenvalue weighted by Crippen LogP contribution is -2.41. The summed E-state index contributed by atoms with van der Waals surface area (Å²) in [7, 11) is 0. The summed E-state index contributed by atoms with van der Waals surface area (Å²) in [6.07, 6.45) is 0.0466. The number of aliphatic hydroxyl groups excluding tert-OH is 1. The number of rotatable bonds is 4. The van der Waals surface area contributed by atoms with Gasteiger partial charge in [0.1, 0.15) is 0 Å². The van der Waals surface area contributed by atoms with Crippen LogP contribution in [0.1, 0.15) is 30.6 Å². The minimum absolute atomic E-state index is 0.0589. The van der Waals surface area contributed by atoms with Gasteiger partial charge in [-0.2, -0.15) is 0 Å². The largest absolute Gasteiger partial charge is 0.392 e. The first-order chi connectivity index (χ1) is 11.0. The Kier molecular flexibility index (Phi) is 4.75. The van der Waals surface area contributed by atoms with Crippen LogP contribution < -0.4 is 10.6 Å². The predicted octanol–water partition coefficient (Wildman–Crippen LogP) is 2.02. The first kappa shape index (κ1) is 16.1. The maximum absolute atomic E-state index is 12.2. The second-order valence-electron chi connectivity index (χ2n) is 5.97. The quantitative estimate of drug-likeness (QED) is 0.801. The van der Waals surface area contributed by atoms with Crippen LogP contribution in [0.4, 0.5) is 0 Å². The zero-order valence-electron chi connectivity index (χ0n) is 13.2. The number of benzene rings is 1. The molecular formula is C17H21N3O2S. The fourth-order valence-corrected chi connectivity index (χ4v) is 3.63. The first-order valence-corrected chi connectivity index (χ1v) is 8.65. The Labute approximate surface area is 139 Å². The van der Waals surface area contributed by atoms with Gasteiger partial charge in [-0.3, -0.25) is 4.79 Å². The molecule has 6 heteroatoms. The molecule has 0 saturated carbocycles. The van der Waals surface area contributed by atoms with Gasteiger partial charge < -0.3 is 15.7 Å². The first-order valence-electron chi connectivity index (χ1n) is 7.77. The standard InChI is InChI=1S/C17H21N3O2S/c1-10(20-17(22)15-7-14(21)8-18-15)12-3-5-13(6-4-12)16-11(2)19-9-23-16/h3-6,9-10,14-15,18,21H,7-8H2,1-2H3,(H,20,22). The lowest BCUT2D eigenvalue weighted by atomic mass is 10.0. The molecule has 2 aromatic rings. The number of nitrogens with one attached hydrogen (secondary N) is 2. The van der Waals surface area contributed by atoms with Crippen LogP contribution in [0.25, 0.3) is 10.4 Å². The number of aromatic nitrogens is 1.